The third-order valence-corrected chi connectivity index (χ3v) is 4.80. The number of benzene rings is 1. The number of rotatable bonds is 4. The van der Waals surface area contributed by atoms with E-state index in [4.69, 9.17) is 0 Å². The van der Waals surface area contributed by atoms with Gasteiger partial charge in [-0.15, -0.1) is 0 Å². The second-order valence-electron chi connectivity index (χ2n) is 5.22. The first-order chi connectivity index (χ1) is 10.9. The molecule has 0 aliphatic carbocycles. The van der Waals surface area contributed by atoms with Crippen LogP contribution in [0.5, 0.6) is 0 Å². The number of anilines is 1. The van der Waals surface area contributed by atoms with Crippen molar-refractivity contribution in [3.8, 4) is 0 Å². The molecule has 3 rings (SSSR count). The van der Waals surface area contributed by atoms with E-state index in [9.17, 15) is 13.2 Å². The van der Waals surface area contributed by atoms with Crippen LogP contribution in [0.3, 0.4) is 0 Å². The molecule has 2 heterocycles. The number of aryl methyl sites for hydroxylation is 1. The average molecular weight is 329 g/mol. The Labute approximate surface area is 133 Å². The number of imidazole rings is 1. The molecule has 23 heavy (non-hydrogen) atoms. The van der Waals surface area contributed by atoms with Crippen LogP contribution >= 0.6 is 0 Å². The SMILES string of the molecule is CC(=O)c1ccc(S(=O)(=O)Nc2cccn3cc(C)nc23)cc1. The number of carbonyl (C=O) groups excluding carboxylic acids is 1. The largest absolute Gasteiger partial charge is 0.305 e. The van der Waals surface area contributed by atoms with Crippen molar-refractivity contribution in [2.75, 3.05) is 4.72 Å². The highest BCUT2D eigenvalue weighted by Crippen LogP contribution is 2.21. The minimum Gasteiger partial charge on any atom is -0.305 e. The number of hydrogen-bond acceptors (Lipinski definition) is 4. The second-order valence-corrected chi connectivity index (χ2v) is 6.90. The van der Waals surface area contributed by atoms with Gasteiger partial charge in [0.25, 0.3) is 10.0 Å². The van der Waals surface area contributed by atoms with Gasteiger partial charge >= 0.3 is 0 Å². The number of pyridine rings is 1. The highest BCUT2D eigenvalue weighted by molar-refractivity contribution is 7.92. The summed E-state index contributed by atoms with van der Waals surface area (Å²) in [5.74, 6) is -0.112. The van der Waals surface area contributed by atoms with Gasteiger partial charge in [-0.2, -0.15) is 0 Å². The topological polar surface area (TPSA) is 80.5 Å². The number of aromatic nitrogens is 2. The highest BCUT2D eigenvalue weighted by atomic mass is 32.2. The molecule has 7 heteroatoms. The molecule has 0 aliphatic heterocycles. The minimum absolute atomic E-state index is 0.0905. The van der Waals surface area contributed by atoms with Gasteiger partial charge in [0.2, 0.25) is 0 Å². The van der Waals surface area contributed by atoms with Gasteiger partial charge in [-0.05, 0) is 38.1 Å². The van der Waals surface area contributed by atoms with Gasteiger partial charge in [-0.1, -0.05) is 12.1 Å². The van der Waals surface area contributed by atoms with E-state index in [2.05, 4.69) is 9.71 Å². The Morgan fingerprint density at radius 2 is 1.87 bits per heavy atom. The molecule has 0 fully saturated rings. The summed E-state index contributed by atoms with van der Waals surface area (Å²) in [5, 5.41) is 0. The minimum atomic E-state index is -3.75. The number of carbonyl (C=O) groups is 1. The molecule has 2 aromatic heterocycles. The maximum atomic E-state index is 12.5. The number of sulfonamides is 1. The van der Waals surface area contributed by atoms with Crippen molar-refractivity contribution in [1.82, 2.24) is 9.38 Å². The van der Waals surface area contributed by atoms with Crippen molar-refractivity contribution < 1.29 is 13.2 Å². The van der Waals surface area contributed by atoms with Gasteiger partial charge < -0.3 is 4.40 Å². The fourth-order valence-electron chi connectivity index (χ4n) is 2.29. The smallest absolute Gasteiger partial charge is 0.262 e. The maximum absolute atomic E-state index is 12.5. The number of ketones is 1. The first-order valence-corrected chi connectivity index (χ1v) is 8.43. The average Bonchev–Trinajstić information content (AvgIpc) is 2.88. The molecule has 1 aromatic carbocycles. The van der Waals surface area contributed by atoms with Gasteiger partial charge in [0.05, 0.1) is 16.3 Å². The summed E-state index contributed by atoms with van der Waals surface area (Å²) >= 11 is 0. The monoisotopic (exact) mass is 329 g/mol. The first-order valence-electron chi connectivity index (χ1n) is 6.95. The van der Waals surface area contributed by atoms with Crippen molar-refractivity contribution >= 4 is 27.1 Å². The van der Waals surface area contributed by atoms with E-state index in [1.807, 2.05) is 13.1 Å². The van der Waals surface area contributed by atoms with Crippen LogP contribution in [0.4, 0.5) is 5.69 Å². The Balaban J connectivity index is 1.98. The summed E-state index contributed by atoms with van der Waals surface area (Å²) in [6, 6.07) is 9.22. The fraction of sp³-hybridized carbons (Fsp3) is 0.125. The van der Waals surface area contributed by atoms with Crippen LogP contribution in [0.2, 0.25) is 0 Å². The molecule has 0 bridgehead atoms. The molecule has 0 saturated carbocycles. The van der Waals surface area contributed by atoms with Crippen molar-refractivity contribution in [2.45, 2.75) is 18.7 Å². The van der Waals surface area contributed by atoms with E-state index in [0.29, 0.717) is 16.9 Å². The summed E-state index contributed by atoms with van der Waals surface area (Å²) in [4.78, 5) is 15.7. The molecular weight excluding hydrogens is 314 g/mol. The van der Waals surface area contributed by atoms with E-state index < -0.39 is 10.0 Å². The Hall–Kier alpha value is -2.67. The van der Waals surface area contributed by atoms with Gasteiger partial charge in [-0.3, -0.25) is 9.52 Å². The number of fused-ring (bicyclic) bond motifs is 1. The summed E-state index contributed by atoms with van der Waals surface area (Å²) in [6.45, 7) is 3.27. The third kappa shape index (κ3) is 2.95. The molecule has 118 valence electrons. The first kappa shape index (κ1) is 15.2. The van der Waals surface area contributed by atoms with Gasteiger partial charge in [0, 0.05) is 18.0 Å². The molecule has 0 aliphatic rings. The van der Waals surface area contributed by atoms with Crippen LogP contribution in [0.25, 0.3) is 5.65 Å². The quantitative estimate of drug-likeness (QED) is 0.746. The molecule has 3 aromatic rings. The normalized spacial score (nSPS) is 11.6. The van der Waals surface area contributed by atoms with E-state index >= 15 is 0 Å². The fourth-order valence-corrected chi connectivity index (χ4v) is 3.35. The van der Waals surface area contributed by atoms with E-state index in [0.717, 1.165) is 5.69 Å². The predicted molar refractivity (Wildman–Crippen MR) is 87.2 cm³/mol. The summed E-state index contributed by atoms with van der Waals surface area (Å²) < 4.78 is 29.3. The molecular formula is C16H15N3O3S. The molecule has 6 nitrogen and oxygen atoms in total. The second kappa shape index (κ2) is 5.51. The van der Waals surface area contributed by atoms with Crippen molar-refractivity contribution in [3.05, 3.63) is 60.0 Å². The van der Waals surface area contributed by atoms with Crippen molar-refractivity contribution in [3.63, 3.8) is 0 Å². The van der Waals surface area contributed by atoms with Gasteiger partial charge in [-0.25, -0.2) is 13.4 Å². The van der Waals surface area contributed by atoms with Crippen molar-refractivity contribution in [1.29, 1.82) is 0 Å². The Morgan fingerprint density at radius 3 is 2.52 bits per heavy atom. The number of nitrogens with zero attached hydrogens (tertiary/aromatic N) is 2. The Bertz CT molecular complexity index is 989. The lowest BCUT2D eigenvalue weighted by molar-refractivity contribution is 0.101. The van der Waals surface area contributed by atoms with E-state index in [-0.39, 0.29) is 10.7 Å². The molecule has 0 radical (unpaired) electrons. The van der Waals surface area contributed by atoms with Gasteiger partial charge in [0.15, 0.2) is 11.4 Å². The molecule has 0 atom stereocenters. The zero-order valence-electron chi connectivity index (χ0n) is 12.6. The Kier molecular flexibility index (Phi) is 3.65. The van der Waals surface area contributed by atoms with E-state index in [1.54, 1.807) is 22.7 Å². The van der Waals surface area contributed by atoms with Crippen LogP contribution in [-0.4, -0.2) is 23.6 Å². The highest BCUT2D eigenvalue weighted by Gasteiger charge is 2.16. The predicted octanol–water partition coefficient (Wildman–Crippen LogP) is 2.65. The molecule has 0 saturated heterocycles. The lowest BCUT2D eigenvalue weighted by Crippen LogP contribution is -2.14. The molecule has 0 unspecified atom stereocenters. The van der Waals surface area contributed by atoms with Crippen LogP contribution in [-0.2, 0) is 10.0 Å². The van der Waals surface area contributed by atoms with E-state index in [1.165, 1.54) is 31.2 Å². The number of nitrogens with one attached hydrogen (secondary N) is 1. The zero-order chi connectivity index (χ0) is 16.6. The van der Waals surface area contributed by atoms with Gasteiger partial charge in [0.1, 0.15) is 0 Å². The zero-order valence-corrected chi connectivity index (χ0v) is 13.5. The molecule has 0 spiro atoms. The molecule has 0 amide bonds. The van der Waals surface area contributed by atoms with Crippen molar-refractivity contribution in [2.24, 2.45) is 0 Å². The summed E-state index contributed by atoms with van der Waals surface area (Å²) in [7, 11) is -3.75. The van der Waals surface area contributed by atoms with Crippen LogP contribution in [0.15, 0.2) is 53.7 Å². The lowest BCUT2D eigenvalue weighted by Gasteiger charge is -2.09. The van der Waals surface area contributed by atoms with Crippen LogP contribution in [0.1, 0.15) is 23.0 Å². The third-order valence-electron chi connectivity index (χ3n) is 3.42. The number of Topliss-reactive ketones (excluding diaryl/α,β-unsaturated/α-hetero) is 1. The standard InChI is InChI=1S/C16H15N3O3S/c1-11-10-19-9-3-4-15(16(19)17-11)18-23(21,22)14-7-5-13(6-8-14)12(2)20/h3-10,18H,1-2H3. The van der Waals surface area contributed by atoms with Crippen LogP contribution < -0.4 is 4.72 Å². The lowest BCUT2D eigenvalue weighted by atomic mass is 10.2. The Morgan fingerprint density at radius 1 is 1.17 bits per heavy atom. The maximum Gasteiger partial charge on any atom is 0.262 e. The van der Waals surface area contributed by atoms with Crippen LogP contribution in [0, 0.1) is 6.92 Å². The number of hydrogen-bond donors (Lipinski definition) is 1. The molecule has 1 N–H and O–H groups in total. The summed E-state index contributed by atoms with van der Waals surface area (Å²) in [6.07, 6.45) is 3.61. The summed E-state index contributed by atoms with van der Waals surface area (Å²) in [5.41, 5.74) is 2.20.